The van der Waals surface area contributed by atoms with Crippen LogP contribution in [0, 0.1) is 0 Å². The fourth-order valence-electron chi connectivity index (χ4n) is 3.02. The van der Waals surface area contributed by atoms with Crippen molar-refractivity contribution >= 4 is 16.7 Å². The maximum Gasteiger partial charge on any atom is 0.318 e. The second kappa shape index (κ2) is 5.02. The fourth-order valence-corrected chi connectivity index (χ4v) is 3.02. The van der Waals surface area contributed by atoms with Gasteiger partial charge in [0.15, 0.2) is 5.65 Å². The van der Waals surface area contributed by atoms with E-state index in [2.05, 4.69) is 20.1 Å². The van der Waals surface area contributed by atoms with Gasteiger partial charge in [-0.3, -0.25) is 0 Å². The van der Waals surface area contributed by atoms with E-state index in [4.69, 9.17) is 9.72 Å². The Bertz CT molecular complexity index is 1050. The SMILES string of the molecule is CCOc1ncc2c(-c3ccn4ncc(C5CC5)c4n3)c[nH]c2n1. The van der Waals surface area contributed by atoms with E-state index >= 15 is 0 Å². The van der Waals surface area contributed by atoms with Gasteiger partial charge < -0.3 is 9.72 Å². The lowest BCUT2D eigenvalue weighted by Crippen LogP contribution is -1.97. The van der Waals surface area contributed by atoms with Crippen LogP contribution < -0.4 is 4.74 Å². The van der Waals surface area contributed by atoms with Gasteiger partial charge in [-0.15, -0.1) is 0 Å². The van der Waals surface area contributed by atoms with Gasteiger partial charge in [0.1, 0.15) is 5.65 Å². The van der Waals surface area contributed by atoms with Crippen molar-refractivity contribution in [3.8, 4) is 17.3 Å². The van der Waals surface area contributed by atoms with Crippen LogP contribution in [-0.2, 0) is 0 Å². The highest BCUT2D eigenvalue weighted by atomic mass is 16.5. The van der Waals surface area contributed by atoms with Crippen molar-refractivity contribution in [2.45, 2.75) is 25.7 Å². The molecule has 4 aromatic rings. The Morgan fingerprint density at radius 3 is 3.04 bits per heavy atom. The number of hydrogen-bond acceptors (Lipinski definition) is 5. The second-order valence-electron chi connectivity index (χ2n) is 6.01. The molecule has 0 amide bonds. The summed E-state index contributed by atoms with van der Waals surface area (Å²) in [5.41, 5.74) is 4.81. The molecule has 0 spiro atoms. The van der Waals surface area contributed by atoms with Crippen molar-refractivity contribution in [2.75, 3.05) is 6.61 Å². The van der Waals surface area contributed by atoms with Gasteiger partial charge in [-0.25, -0.2) is 14.5 Å². The molecule has 4 aromatic heterocycles. The molecular weight excluding hydrogens is 304 g/mol. The molecule has 0 atom stereocenters. The van der Waals surface area contributed by atoms with Crippen LogP contribution in [0.1, 0.15) is 31.2 Å². The minimum atomic E-state index is 0.383. The van der Waals surface area contributed by atoms with E-state index in [0.29, 0.717) is 18.5 Å². The Labute approximate surface area is 137 Å². The zero-order valence-corrected chi connectivity index (χ0v) is 13.2. The number of nitrogens with zero attached hydrogens (tertiary/aromatic N) is 5. The third-order valence-electron chi connectivity index (χ3n) is 4.37. The first-order chi connectivity index (χ1) is 11.8. The molecule has 0 aliphatic heterocycles. The molecule has 7 nitrogen and oxygen atoms in total. The maximum absolute atomic E-state index is 5.36. The summed E-state index contributed by atoms with van der Waals surface area (Å²) >= 11 is 0. The number of ether oxygens (including phenoxy) is 1. The van der Waals surface area contributed by atoms with Crippen LogP contribution >= 0.6 is 0 Å². The number of H-pyrrole nitrogens is 1. The smallest absolute Gasteiger partial charge is 0.318 e. The fraction of sp³-hybridized carbons (Fsp3) is 0.294. The van der Waals surface area contributed by atoms with E-state index in [0.717, 1.165) is 27.9 Å². The summed E-state index contributed by atoms with van der Waals surface area (Å²) in [5, 5.41) is 5.34. The zero-order chi connectivity index (χ0) is 16.1. The molecule has 1 saturated carbocycles. The van der Waals surface area contributed by atoms with Crippen LogP contribution in [0.3, 0.4) is 0 Å². The Morgan fingerprint density at radius 1 is 1.29 bits per heavy atom. The average Bonchev–Trinajstić information content (AvgIpc) is 3.22. The van der Waals surface area contributed by atoms with E-state index in [1.807, 2.05) is 36.1 Å². The number of rotatable bonds is 4. The molecule has 1 aliphatic carbocycles. The molecule has 0 bridgehead atoms. The Morgan fingerprint density at radius 2 is 2.21 bits per heavy atom. The molecule has 7 heteroatoms. The Hall–Kier alpha value is -2.96. The van der Waals surface area contributed by atoms with Gasteiger partial charge in [-0.1, -0.05) is 0 Å². The normalized spacial score (nSPS) is 14.5. The topological polar surface area (TPSA) is 81.0 Å². The van der Waals surface area contributed by atoms with Gasteiger partial charge in [-0.05, 0) is 31.7 Å². The van der Waals surface area contributed by atoms with Crippen LogP contribution in [0.25, 0.3) is 27.9 Å². The number of aromatic nitrogens is 6. The molecule has 0 aromatic carbocycles. The lowest BCUT2D eigenvalue weighted by atomic mass is 10.1. The van der Waals surface area contributed by atoms with Gasteiger partial charge in [0.05, 0.1) is 18.5 Å². The van der Waals surface area contributed by atoms with Gasteiger partial charge in [0, 0.05) is 35.1 Å². The quantitative estimate of drug-likeness (QED) is 0.625. The van der Waals surface area contributed by atoms with E-state index in [1.54, 1.807) is 6.20 Å². The van der Waals surface area contributed by atoms with E-state index in [-0.39, 0.29) is 0 Å². The van der Waals surface area contributed by atoms with Gasteiger partial charge >= 0.3 is 6.01 Å². The van der Waals surface area contributed by atoms with Crippen molar-refractivity contribution < 1.29 is 4.74 Å². The highest BCUT2D eigenvalue weighted by Gasteiger charge is 2.27. The molecule has 24 heavy (non-hydrogen) atoms. The van der Waals surface area contributed by atoms with Crippen LogP contribution in [-0.4, -0.2) is 36.2 Å². The minimum Gasteiger partial charge on any atom is -0.464 e. The largest absolute Gasteiger partial charge is 0.464 e. The number of fused-ring (bicyclic) bond motifs is 2. The van der Waals surface area contributed by atoms with Crippen molar-refractivity contribution in [3.05, 3.63) is 36.4 Å². The summed E-state index contributed by atoms with van der Waals surface area (Å²) < 4.78 is 7.20. The number of aromatic amines is 1. The summed E-state index contributed by atoms with van der Waals surface area (Å²) in [6.45, 7) is 2.46. The summed E-state index contributed by atoms with van der Waals surface area (Å²) in [5.74, 6) is 0.616. The minimum absolute atomic E-state index is 0.383. The summed E-state index contributed by atoms with van der Waals surface area (Å²) in [6.07, 6.45) is 10.1. The molecule has 0 radical (unpaired) electrons. The Kier molecular flexibility index (Phi) is 2.82. The second-order valence-corrected chi connectivity index (χ2v) is 6.01. The predicted molar refractivity (Wildman–Crippen MR) is 89.0 cm³/mol. The molecule has 1 fully saturated rings. The third kappa shape index (κ3) is 2.05. The highest BCUT2D eigenvalue weighted by Crippen LogP contribution is 2.41. The highest BCUT2D eigenvalue weighted by molar-refractivity contribution is 5.92. The van der Waals surface area contributed by atoms with Crippen LogP contribution in [0.2, 0.25) is 0 Å². The van der Waals surface area contributed by atoms with E-state index in [1.165, 1.54) is 18.4 Å². The number of hydrogen-bond donors (Lipinski definition) is 1. The van der Waals surface area contributed by atoms with Gasteiger partial charge in [0.2, 0.25) is 0 Å². The van der Waals surface area contributed by atoms with Crippen LogP contribution in [0.4, 0.5) is 0 Å². The molecule has 120 valence electrons. The first kappa shape index (κ1) is 13.5. The van der Waals surface area contributed by atoms with E-state index in [9.17, 15) is 0 Å². The van der Waals surface area contributed by atoms with Crippen LogP contribution in [0.15, 0.2) is 30.9 Å². The standard InChI is InChI=1S/C17H16N6O/c1-2-24-17-19-8-13-12(7-18-15(13)22-17)14-5-6-23-16(21-14)11(9-20-23)10-3-4-10/h5-10H,2-4H2,1H3,(H,18,19,22). The summed E-state index contributed by atoms with van der Waals surface area (Å²) in [6, 6.07) is 2.35. The van der Waals surface area contributed by atoms with Crippen molar-refractivity contribution in [1.82, 2.24) is 29.5 Å². The van der Waals surface area contributed by atoms with Crippen molar-refractivity contribution in [1.29, 1.82) is 0 Å². The zero-order valence-electron chi connectivity index (χ0n) is 13.2. The van der Waals surface area contributed by atoms with Crippen molar-refractivity contribution in [3.63, 3.8) is 0 Å². The molecular formula is C17H16N6O. The lowest BCUT2D eigenvalue weighted by molar-refractivity contribution is 0.314. The molecule has 0 saturated heterocycles. The summed E-state index contributed by atoms with van der Waals surface area (Å²) in [4.78, 5) is 16.7. The van der Waals surface area contributed by atoms with Gasteiger partial charge in [-0.2, -0.15) is 10.1 Å². The first-order valence-electron chi connectivity index (χ1n) is 8.15. The lowest BCUT2D eigenvalue weighted by Gasteiger charge is -2.02. The maximum atomic E-state index is 5.36. The first-order valence-corrected chi connectivity index (χ1v) is 8.15. The average molecular weight is 320 g/mol. The van der Waals surface area contributed by atoms with Crippen molar-refractivity contribution in [2.24, 2.45) is 0 Å². The third-order valence-corrected chi connectivity index (χ3v) is 4.37. The molecule has 0 unspecified atom stereocenters. The monoisotopic (exact) mass is 320 g/mol. The Balaban J connectivity index is 1.63. The summed E-state index contributed by atoms with van der Waals surface area (Å²) in [7, 11) is 0. The molecule has 4 heterocycles. The molecule has 1 N–H and O–H groups in total. The predicted octanol–water partition coefficient (Wildman–Crippen LogP) is 2.94. The van der Waals surface area contributed by atoms with Gasteiger partial charge in [0.25, 0.3) is 0 Å². The molecule has 5 rings (SSSR count). The molecule has 1 aliphatic rings. The van der Waals surface area contributed by atoms with E-state index < -0.39 is 0 Å². The number of nitrogens with one attached hydrogen (secondary N) is 1. The van der Waals surface area contributed by atoms with Crippen LogP contribution in [0.5, 0.6) is 6.01 Å².